The summed E-state index contributed by atoms with van der Waals surface area (Å²) in [6.07, 6.45) is -0.0688. The van der Waals surface area contributed by atoms with Crippen LogP contribution in [0.25, 0.3) is 0 Å². The van der Waals surface area contributed by atoms with Crippen LogP contribution in [-0.2, 0) is 37.0 Å². The van der Waals surface area contributed by atoms with E-state index in [4.69, 9.17) is 22.1 Å². The van der Waals surface area contributed by atoms with E-state index in [0.29, 0.717) is 0 Å². The van der Waals surface area contributed by atoms with Crippen LogP contribution >= 0.6 is 0 Å². The lowest BCUT2D eigenvalue weighted by Crippen LogP contribution is -2.53. The molecule has 2 radical (unpaired) electrons. The van der Waals surface area contributed by atoms with Gasteiger partial charge in [0.05, 0.1) is 6.42 Å². The Kier molecular flexibility index (Phi) is 6.16. The Bertz CT molecular complexity index is 924. The Morgan fingerprint density at radius 2 is 1.55 bits per heavy atom. The van der Waals surface area contributed by atoms with Crippen molar-refractivity contribution in [3.05, 3.63) is 71.8 Å². The SMILES string of the molecule is [B][C@@H]1O[C@]2(CC(=O)OCc3ccccc3)C(C(=O)OCc3ccccc3)C1N(C)[C@H]2C. The summed E-state index contributed by atoms with van der Waals surface area (Å²) in [6, 6.07) is 17.7. The van der Waals surface area contributed by atoms with Crippen molar-refractivity contribution in [3.63, 3.8) is 0 Å². The predicted octanol–water partition coefficient (Wildman–Crippen LogP) is 2.45. The first kappa shape index (κ1) is 21.6. The minimum atomic E-state index is -1.08. The summed E-state index contributed by atoms with van der Waals surface area (Å²) in [5.74, 6) is -1.51. The highest BCUT2D eigenvalue weighted by molar-refractivity contribution is 6.12. The molecule has 2 fully saturated rings. The highest BCUT2D eigenvalue weighted by atomic mass is 16.6. The largest absolute Gasteiger partial charge is 0.461 e. The number of carbonyl (C=O) groups excluding carboxylic acids is 2. The molecule has 2 bridgehead atoms. The van der Waals surface area contributed by atoms with Gasteiger partial charge in [-0.05, 0) is 25.1 Å². The van der Waals surface area contributed by atoms with Crippen molar-refractivity contribution in [1.29, 1.82) is 0 Å². The summed E-state index contributed by atoms with van der Waals surface area (Å²) >= 11 is 0. The molecule has 6 nitrogen and oxygen atoms in total. The Hall–Kier alpha value is -2.64. The number of esters is 2. The maximum atomic E-state index is 13.1. The maximum Gasteiger partial charge on any atom is 0.313 e. The van der Waals surface area contributed by atoms with E-state index >= 15 is 0 Å². The Morgan fingerprint density at radius 3 is 2.13 bits per heavy atom. The van der Waals surface area contributed by atoms with Crippen LogP contribution in [0.4, 0.5) is 0 Å². The second-order valence-electron chi connectivity index (χ2n) is 8.26. The van der Waals surface area contributed by atoms with Crippen molar-refractivity contribution < 1.29 is 23.8 Å². The van der Waals surface area contributed by atoms with E-state index in [0.717, 1.165) is 11.1 Å². The first-order valence-corrected chi connectivity index (χ1v) is 10.5. The van der Waals surface area contributed by atoms with Crippen molar-refractivity contribution in [3.8, 4) is 0 Å². The normalized spacial score (nSPS) is 29.6. The molecule has 5 atom stereocenters. The number of morpholine rings is 1. The summed E-state index contributed by atoms with van der Waals surface area (Å²) in [4.78, 5) is 27.9. The topological polar surface area (TPSA) is 65.1 Å². The minimum absolute atomic E-state index is 0.0688. The van der Waals surface area contributed by atoms with Gasteiger partial charge in [-0.25, -0.2) is 0 Å². The number of nitrogens with zero attached hydrogens (tertiary/aromatic N) is 1. The fourth-order valence-electron chi connectivity index (χ4n) is 4.77. The van der Waals surface area contributed by atoms with Crippen LogP contribution in [0.1, 0.15) is 24.5 Å². The molecule has 2 aromatic rings. The lowest BCUT2D eigenvalue weighted by atomic mass is 9.80. The number of likely N-dealkylation sites (tertiary alicyclic amines) is 1. The number of carbonyl (C=O) groups is 2. The van der Waals surface area contributed by atoms with Gasteiger partial charge in [0.15, 0.2) is 0 Å². The van der Waals surface area contributed by atoms with Gasteiger partial charge in [0.2, 0.25) is 0 Å². The fraction of sp³-hybridized carbons (Fsp3) is 0.417. The lowest BCUT2D eigenvalue weighted by molar-refractivity contribution is -0.166. The molecule has 31 heavy (non-hydrogen) atoms. The molecule has 4 rings (SSSR count). The van der Waals surface area contributed by atoms with Crippen molar-refractivity contribution in [2.24, 2.45) is 5.92 Å². The highest BCUT2D eigenvalue weighted by Crippen LogP contribution is 2.51. The smallest absolute Gasteiger partial charge is 0.313 e. The van der Waals surface area contributed by atoms with Gasteiger partial charge in [-0.3, -0.25) is 14.5 Å². The van der Waals surface area contributed by atoms with Gasteiger partial charge < -0.3 is 14.2 Å². The van der Waals surface area contributed by atoms with E-state index in [1.165, 1.54) is 0 Å². The van der Waals surface area contributed by atoms with Gasteiger partial charge in [0.25, 0.3) is 0 Å². The number of likely N-dealkylation sites (N-methyl/N-ethyl adjacent to an activating group) is 1. The molecular formula is C24H26BNO5. The van der Waals surface area contributed by atoms with Crippen LogP contribution in [0.5, 0.6) is 0 Å². The number of hydrogen-bond donors (Lipinski definition) is 0. The highest BCUT2D eigenvalue weighted by Gasteiger charge is 2.68. The van der Waals surface area contributed by atoms with E-state index in [9.17, 15) is 9.59 Å². The molecule has 0 saturated carbocycles. The molecule has 2 saturated heterocycles. The number of ether oxygens (including phenoxy) is 3. The average molecular weight is 419 g/mol. The summed E-state index contributed by atoms with van der Waals surface area (Å²) in [5.41, 5.74) is 0.704. The molecule has 160 valence electrons. The third kappa shape index (κ3) is 4.12. The van der Waals surface area contributed by atoms with Crippen LogP contribution < -0.4 is 0 Å². The molecule has 2 aliphatic rings. The van der Waals surface area contributed by atoms with Gasteiger partial charge in [0.1, 0.15) is 32.6 Å². The first-order valence-electron chi connectivity index (χ1n) is 10.5. The Labute approximate surface area is 183 Å². The van der Waals surface area contributed by atoms with Crippen molar-refractivity contribution in [2.45, 2.75) is 50.2 Å². The molecule has 0 amide bonds. The fourth-order valence-corrected chi connectivity index (χ4v) is 4.77. The number of fused-ring (bicyclic) bond motifs is 2. The van der Waals surface area contributed by atoms with Gasteiger partial charge in [-0.1, -0.05) is 60.7 Å². The van der Waals surface area contributed by atoms with Gasteiger partial charge >= 0.3 is 11.9 Å². The zero-order valence-electron chi connectivity index (χ0n) is 17.8. The third-order valence-electron chi connectivity index (χ3n) is 6.49. The van der Waals surface area contributed by atoms with Crippen LogP contribution in [0, 0.1) is 5.92 Å². The van der Waals surface area contributed by atoms with E-state index < -0.39 is 29.5 Å². The molecule has 0 aliphatic carbocycles. The summed E-state index contributed by atoms with van der Waals surface area (Å²) in [7, 11) is 8.11. The van der Waals surface area contributed by atoms with E-state index in [1.54, 1.807) is 0 Å². The Balaban J connectivity index is 1.48. The van der Waals surface area contributed by atoms with Crippen molar-refractivity contribution >= 4 is 19.8 Å². The molecule has 2 unspecified atom stereocenters. The lowest BCUT2D eigenvalue weighted by Gasteiger charge is -2.40. The standard InChI is InChI=1S/C24H26BNO5/c1-16-24(13-19(27)29-14-17-9-5-3-6-10-17)20(21(26(16)2)22(25)31-24)23(28)30-15-18-11-7-4-8-12-18/h3-12,16,20-22H,13-15H2,1-2H3/t16-,20?,21?,22+,24-/m0/s1. The van der Waals surface area contributed by atoms with Crippen LogP contribution in [0.15, 0.2) is 60.7 Å². The molecule has 7 heteroatoms. The van der Waals surface area contributed by atoms with E-state index in [1.807, 2.05) is 79.5 Å². The second kappa shape index (κ2) is 8.85. The number of benzene rings is 2. The van der Waals surface area contributed by atoms with Gasteiger partial charge in [-0.2, -0.15) is 0 Å². The molecular weight excluding hydrogens is 393 g/mol. The zero-order valence-corrected chi connectivity index (χ0v) is 17.8. The number of hydrogen-bond acceptors (Lipinski definition) is 6. The van der Waals surface area contributed by atoms with Crippen LogP contribution in [0.3, 0.4) is 0 Å². The molecule has 0 spiro atoms. The summed E-state index contributed by atoms with van der Waals surface area (Å²) < 4.78 is 17.2. The average Bonchev–Trinajstić information content (AvgIpc) is 3.18. The van der Waals surface area contributed by atoms with Gasteiger partial charge in [0, 0.05) is 18.1 Å². The van der Waals surface area contributed by atoms with Crippen LogP contribution in [0.2, 0.25) is 0 Å². The maximum absolute atomic E-state index is 13.1. The second-order valence-corrected chi connectivity index (χ2v) is 8.26. The Morgan fingerprint density at radius 1 is 1.00 bits per heavy atom. The molecule has 2 aliphatic heterocycles. The quantitative estimate of drug-likeness (QED) is 0.508. The third-order valence-corrected chi connectivity index (χ3v) is 6.49. The summed E-state index contributed by atoms with van der Waals surface area (Å²) in [5, 5.41) is 0. The minimum Gasteiger partial charge on any atom is -0.461 e. The molecule has 2 aromatic carbocycles. The monoisotopic (exact) mass is 419 g/mol. The summed E-state index contributed by atoms with van der Waals surface area (Å²) in [6.45, 7) is 2.26. The van der Waals surface area contributed by atoms with E-state index in [-0.39, 0.29) is 31.7 Å². The van der Waals surface area contributed by atoms with Crippen LogP contribution in [-0.4, -0.2) is 55.4 Å². The van der Waals surface area contributed by atoms with Crippen molar-refractivity contribution in [2.75, 3.05) is 7.05 Å². The zero-order chi connectivity index (χ0) is 22.0. The molecule has 0 aromatic heterocycles. The first-order chi connectivity index (χ1) is 14.9. The molecule has 2 heterocycles. The van der Waals surface area contributed by atoms with Gasteiger partial charge in [-0.15, -0.1) is 0 Å². The van der Waals surface area contributed by atoms with Crippen molar-refractivity contribution in [1.82, 2.24) is 4.90 Å². The number of rotatable bonds is 7. The van der Waals surface area contributed by atoms with E-state index in [2.05, 4.69) is 0 Å². The molecule has 0 N–H and O–H groups in total. The predicted molar refractivity (Wildman–Crippen MR) is 115 cm³/mol.